The fraction of sp³-hybridized carbons (Fsp3) is 0.176. The van der Waals surface area contributed by atoms with Crippen molar-refractivity contribution in [3.8, 4) is 11.4 Å². The summed E-state index contributed by atoms with van der Waals surface area (Å²) in [5, 5.41) is 11.5. The molecule has 2 amide bonds. The number of nitrogens with two attached hydrogens (primary N) is 1. The van der Waals surface area contributed by atoms with Crippen LogP contribution in [0.5, 0.6) is 5.75 Å². The standard InChI is InChI=1S/C17H15N3O6S/c1-3-27-11-4-7(17(24)25)10(26-2)6-9(11)20-12(21)5-8-13(14(20)18)16(23)19-15(8)22/h4-6H,3,18H2,1-2H3,(H,24,25)(H,19,22,23). The minimum atomic E-state index is -1.18. The second-order valence-electron chi connectivity index (χ2n) is 5.53. The van der Waals surface area contributed by atoms with Crippen LogP contribution in [0.3, 0.4) is 0 Å². The van der Waals surface area contributed by atoms with Crippen LogP contribution in [0.25, 0.3) is 5.69 Å². The molecule has 0 aliphatic carbocycles. The highest BCUT2D eigenvalue weighted by Crippen LogP contribution is 2.34. The number of pyridine rings is 1. The molecular formula is C17H15N3O6S. The van der Waals surface area contributed by atoms with Gasteiger partial charge in [0.1, 0.15) is 17.1 Å². The lowest BCUT2D eigenvalue weighted by Crippen LogP contribution is -2.24. The fourth-order valence-corrected chi connectivity index (χ4v) is 3.67. The number of carboxylic acids is 1. The fourth-order valence-electron chi connectivity index (χ4n) is 2.86. The summed E-state index contributed by atoms with van der Waals surface area (Å²) in [5.74, 6) is -2.14. The third-order valence-electron chi connectivity index (χ3n) is 4.01. The van der Waals surface area contributed by atoms with Crippen molar-refractivity contribution in [2.75, 3.05) is 18.6 Å². The maximum atomic E-state index is 12.7. The summed E-state index contributed by atoms with van der Waals surface area (Å²) >= 11 is 1.30. The number of aromatic carboxylic acids is 1. The Labute approximate surface area is 157 Å². The summed E-state index contributed by atoms with van der Waals surface area (Å²) in [6.07, 6.45) is 0. The predicted octanol–water partition coefficient (Wildman–Crippen LogP) is 1.12. The summed E-state index contributed by atoms with van der Waals surface area (Å²) < 4.78 is 6.21. The van der Waals surface area contributed by atoms with E-state index in [0.29, 0.717) is 10.6 Å². The second kappa shape index (κ2) is 6.80. The van der Waals surface area contributed by atoms with E-state index in [1.807, 2.05) is 6.92 Å². The van der Waals surface area contributed by atoms with Gasteiger partial charge in [-0.1, -0.05) is 6.92 Å². The number of nitrogens with zero attached hydrogens (tertiary/aromatic N) is 1. The predicted molar refractivity (Wildman–Crippen MR) is 98.2 cm³/mol. The van der Waals surface area contributed by atoms with E-state index in [-0.39, 0.29) is 33.9 Å². The Morgan fingerprint density at radius 1 is 1.26 bits per heavy atom. The molecule has 140 valence electrons. The number of carbonyl (C=O) groups excluding carboxylic acids is 2. The Morgan fingerprint density at radius 2 is 1.96 bits per heavy atom. The molecule has 2 heterocycles. The maximum absolute atomic E-state index is 12.7. The van der Waals surface area contributed by atoms with Crippen LogP contribution < -0.4 is 21.3 Å². The minimum absolute atomic E-state index is 0.0327. The van der Waals surface area contributed by atoms with Gasteiger partial charge in [0.2, 0.25) is 0 Å². The Balaban J connectivity index is 2.36. The quantitative estimate of drug-likeness (QED) is 0.510. The number of nitrogen functional groups attached to an aromatic ring is 1. The Bertz CT molecular complexity index is 1060. The second-order valence-corrected chi connectivity index (χ2v) is 6.84. The number of aromatic nitrogens is 1. The van der Waals surface area contributed by atoms with E-state index in [2.05, 4.69) is 5.32 Å². The number of nitrogens with one attached hydrogen (secondary N) is 1. The van der Waals surface area contributed by atoms with Crippen molar-refractivity contribution >= 4 is 35.4 Å². The number of anilines is 1. The molecule has 3 rings (SSSR count). The highest BCUT2D eigenvalue weighted by molar-refractivity contribution is 7.99. The van der Waals surface area contributed by atoms with Crippen LogP contribution in [0, 0.1) is 0 Å². The molecule has 10 heteroatoms. The molecule has 0 atom stereocenters. The SMILES string of the molecule is CCSc1cc(C(=O)O)c(OC)cc1-n1c(N)c2c(cc1=O)C(=O)NC2=O. The van der Waals surface area contributed by atoms with Crippen LogP contribution in [0.1, 0.15) is 38.0 Å². The zero-order valence-corrected chi connectivity index (χ0v) is 15.2. The van der Waals surface area contributed by atoms with Gasteiger partial charge >= 0.3 is 5.97 Å². The van der Waals surface area contributed by atoms with E-state index < -0.39 is 23.3 Å². The van der Waals surface area contributed by atoms with E-state index in [0.717, 1.165) is 10.6 Å². The molecule has 27 heavy (non-hydrogen) atoms. The molecule has 1 aromatic heterocycles. The van der Waals surface area contributed by atoms with Gasteiger partial charge in [-0.3, -0.25) is 24.3 Å². The minimum Gasteiger partial charge on any atom is -0.496 e. The van der Waals surface area contributed by atoms with Gasteiger partial charge in [-0.15, -0.1) is 11.8 Å². The summed E-state index contributed by atoms with van der Waals surface area (Å²) in [6.45, 7) is 1.86. The van der Waals surface area contributed by atoms with Gasteiger partial charge in [-0.25, -0.2) is 4.79 Å². The smallest absolute Gasteiger partial charge is 0.339 e. The number of thioether (sulfide) groups is 1. The molecule has 1 aliphatic heterocycles. The Kier molecular flexibility index (Phi) is 4.66. The first-order chi connectivity index (χ1) is 12.8. The van der Waals surface area contributed by atoms with Crippen molar-refractivity contribution < 1.29 is 24.2 Å². The first-order valence-corrected chi connectivity index (χ1v) is 8.78. The number of amides is 2. The molecule has 2 aromatic rings. The number of hydrogen-bond donors (Lipinski definition) is 3. The van der Waals surface area contributed by atoms with Crippen molar-refractivity contribution in [3.05, 3.63) is 45.2 Å². The normalized spacial score (nSPS) is 12.7. The van der Waals surface area contributed by atoms with Crippen molar-refractivity contribution in [3.63, 3.8) is 0 Å². The number of fused-ring (bicyclic) bond motifs is 1. The van der Waals surface area contributed by atoms with Crippen LogP contribution in [-0.4, -0.2) is 40.3 Å². The van der Waals surface area contributed by atoms with Gasteiger partial charge in [-0.05, 0) is 11.8 Å². The summed E-state index contributed by atoms with van der Waals surface area (Å²) in [7, 11) is 1.30. The molecule has 0 radical (unpaired) electrons. The van der Waals surface area contributed by atoms with Crippen LogP contribution in [0.4, 0.5) is 5.82 Å². The van der Waals surface area contributed by atoms with Crippen molar-refractivity contribution in [1.29, 1.82) is 0 Å². The van der Waals surface area contributed by atoms with Gasteiger partial charge in [-0.2, -0.15) is 0 Å². The molecule has 1 aromatic carbocycles. The van der Waals surface area contributed by atoms with E-state index in [1.54, 1.807) is 0 Å². The van der Waals surface area contributed by atoms with Crippen molar-refractivity contribution in [2.45, 2.75) is 11.8 Å². The largest absolute Gasteiger partial charge is 0.496 e. The Morgan fingerprint density at radius 3 is 2.56 bits per heavy atom. The Hall–Kier alpha value is -3.27. The number of imide groups is 1. The first kappa shape index (κ1) is 18.5. The van der Waals surface area contributed by atoms with Crippen molar-refractivity contribution in [1.82, 2.24) is 9.88 Å². The highest BCUT2D eigenvalue weighted by Gasteiger charge is 2.32. The monoisotopic (exact) mass is 389 g/mol. The lowest BCUT2D eigenvalue weighted by molar-refractivity contribution is 0.0692. The van der Waals surface area contributed by atoms with Gasteiger partial charge < -0.3 is 15.6 Å². The van der Waals surface area contributed by atoms with E-state index in [4.69, 9.17) is 10.5 Å². The lowest BCUT2D eigenvalue weighted by Gasteiger charge is -2.17. The maximum Gasteiger partial charge on any atom is 0.339 e. The lowest BCUT2D eigenvalue weighted by atomic mass is 10.1. The number of ether oxygens (including phenoxy) is 1. The zero-order valence-electron chi connectivity index (χ0n) is 14.4. The third kappa shape index (κ3) is 2.93. The molecule has 0 saturated heterocycles. The highest BCUT2D eigenvalue weighted by atomic mass is 32.2. The van der Waals surface area contributed by atoms with Gasteiger partial charge in [0.05, 0.1) is 23.9 Å². The van der Waals surface area contributed by atoms with Crippen LogP contribution in [0.15, 0.2) is 27.9 Å². The summed E-state index contributed by atoms with van der Waals surface area (Å²) in [4.78, 5) is 48.4. The average molecular weight is 389 g/mol. The number of carboxylic acid groups (broad SMARTS) is 1. The van der Waals surface area contributed by atoms with Gasteiger partial charge in [0, 0.05) is 17.0 Å². The van der Waals surface area contributed by atoms with E-state index in [1.165, 1.54) is 31.0 Å². The van der Waals surface area contributed by atoms with Crippen molar-refractivity contribution in [2.24, 2.45) is 0 Å². The summed E-state index contributed by atoms with van der Waals surface area (Å²) in [6, 6.07) is 3.79. The topological polar surface area (TPSA) is 141 Å². The zero-order chi connectivity index (χ0) is 19.9. The number of carbonyl (C=O) groups is 3. The molecule has 0 spiro atoms. The van der Waals surface area contributed by atoms with E-state index >= 15 is 0 Å². The number of benzene rings is 1. The molecule has 4 N–H and O–H groups in total. The van der Waals surface area contributed by atoms with Crippen LogP contribution in [0.2, 0.25) is 0 Å². The average Bonchev–Trinajstić information content (AvgIpc) is 2.89. The van der Waals surface area contributed by atoms with Gasteiger partial charge in [0.25, 0.3) is 17.4 Å². The van der Waals surface area contributed by atoms with Gasteiger partial charge in [0.15, 0.2) is 0 Å². The van der Waals surface area contributed by atoms with E-state index in [9.17, 15) is 24.3 Å². The number of rotatable bonds is 5. The van der Waals surface area contributed by atoms with Crippen LogP contribution in [-0.2, 0) is 0 Å². The van der Waals surface area contributed by atoms with Crippen LogP contribution >= 0.6 is 11.8 Å². The molecule has 9 nitrogen and oxygen atoms in total. The number of hydrogen-bond acceptors (Lipinski definition) is 7. The molecule has 0 fully saturated rings. The molecular weight excluding hydrogens is 374 g/mol. The molecule has 0 unspecified atom stereocenters. The molecule has 1 aliphatic rings. The molecule has 0 bridgehead atoms. The summed E-state index contributed by atoms with van der Waals surface area (Å²) in [5.41, 5.74) is 5.45. The first-order valence-electron chi connectivity index (χ1n) is 7.79. The number of methoxy groups -OCH3 is 1. The molecule has 0 saturated carbocycles. The third-order valence-corrected chi connectivity index (χ3v) is 4.93.